The molecule has 0 aliphatic heterocycles. The van der Waals surface area contributed by atoms with E-state index in [-0.39, 0.29) is 19.5 Å². The van der Waals surface area contributed by atoms with Gasteiger partial charge in [0.1, 0.15) is 0 Å². The number of benzene rings is 1. The van der Waals surface area contributed by atoms with Gasteiger partial charge in [-0.1, -0.05) is 36.3 Å². The number of anilines is 1. The van der Waals surface area contributed by atoms with Crippen LogP contribution in [0.15, 0.2) is 52.6 Å². The molecule has 16 heteroatoms. The minimum atomic E-state index is -10.7. The molecule has 0 atom stereocenters. The van der Waals surface area contributed by atoms with E-state index in [2.05, 4.69) is 51.7 Å². The van der Waals surface area contributed by atoms with Gasteiger partial charge in [0, 0.05) is 25.7 Å². The fourth-order valence-corrected chi connectivity index (χ4v) is 2.13. The fourth-order valence-electron chi connectivity index (χ4n) is 2.13. The molecule has 2 radical (unpaired) electrons. The van der Waals surface area contributed by atoms with Crippen LogP contribution in [-0.2, 0) is 19.5 Å². The van der Waals surface area contributed by atoms with Gasteiger partial charge in [-0.3, -0.25) is 0 Å². The Hall–Kier alpha value is -0.857. The summed E-state index contributed by atoms with van der Waals surface area (Å²) < 4.78 is 118. The molecular weight excluding hydrogens is 623 g/mol. The van der Waals surface area contributed by atoms with Crippen LogP contribution in [0.1, 0.15) is 34.6 Å². The standard InChI is InChI=1S/C10H15.C8H11N.2F6P.Rh/c1-6-7(2)9(4)10(5)8(6)3;1-9(2)8-6-4-3-5-7-8;2*1-7(2,3,4,5)6;/h1-5H3;3-7H,1-2H3;;;/q;;2*-1;+2. The summed E-state index contributed by atoms with van der Waals surface area (Å²) in [6.45, 7) is 11.0. The molecule has 2 rings (SSSR count). The van der Waals surface area contributed by atoms with Crippen molar-refractivity contribution in [3.63, 3.8) is 0 Å². The van der Waals surface area contributed by atoms with E-state index in [1.54, 1.807) is 0 Å². The summed E-state index contributed by atoms with van der Waals surface area (Å²) in [5.74, 6) is 1.47. The molecule has 1 nitrogen and oxygen atoms in total. The van der Waals surface area contributed by atoms with Crippen molar-refractivity contribution in [1.82, 2.24) is 0 Å². The molecule has 0 heterocycles. The van der Waals surface area contributed by atoms with Gasteiger partial charge in [-0.15, -0.1) is 0 Å². The third-order valence-corrected chi connectivity index (χ3v) is 4.09. The third-order valence-electron chi connectivity index (χ3n) is 4.09. The molecule has 0 fully saturated rings. The Balaban J connectivity index is -0.000000379. The van der Waals surface area contributed by atoms with E-state index in [4.69, 9.17) is 0 Å². The maximum absolute atomic E-state index is 10.7. The van der Waals surface area contributed by atoms with Crippen LogP contribution in [0.2, 0.25) is 0 Å². The number of para-hydroxylation sites is 1. The van der Waals surface area contributed by atoms with Gasteiger partial charge in [-0.05, 0) is 51.0 Å². The normalized spacial score (nSPS) is 18.2. The van der Waals surface area contributed by atoms with Gasteiger partial charge in [0.2, 0.25) is 0 Å². The van der Waals surface area contributed by atoms with Gasteiger partial charge < -0.3 is 4.90 Å². The van der Waals surface area contributed by atoms with Crippen molar-refractivity contribution in [3.05, 3.63) is 58.5 Å². The second-order valence-corrected chi connectivity index (χ2v) is 11.1. The van der Waals surface area contributed by atoms with Crippen molar-refractivity contribution < 1.29 is 69.8 Å². The average molecular weight is 649 g/mol. The number of allylic oxidation sites excluding steroid dienone is 4. The van der Waals surface area contributed by atoms with Gasteiger partial charge in [-0.2, -0.15) is 0 Å². The van der Waals surface area contributed by atoms with Crippen molar-refractivity contribution in [1.29, 1.82) is 0 Å². The zero-order valence-electron chi connectivity index (χ0n) is 19.1. The summed E-state index contributed by atoms with van der Waals surface area (Å²) in [4.78, 5) is 2.08. The van der Waals surface area contributed by atoms with Gasteiger partial charge >= 0.3 is 85.5 Å². The molecular formula is C18H26F12NP2Rh. The topological polar surface area (TPSA) is 3.24 Å². The monoisotopic (exact) mass is 649 g/mol. The van der Waals surface area contributed by atoms with Crippen LogP contribution in [0.25, 0.3) is 0 Å². The molecule has 0 bridgehead atoms. The first kappa shape index (κ1) is 37.7. The number of halogens is 12. The Morgan fingerprint density at radius 3 is 0.853 bits per heavy atom. The molecule has 1 aliphatic rings. The summed E-state index contributed by atoms with van der Waals surface area (Å²) in [5, 5.41) is 0. The number of hydrogen-bond donors (Lipinski definition) is 0. The van der Waals surface area contributed by atoms with Crippen molar-refractivity contribution in [2.24, 2.45) is 0 Å². The molecule has 0 amide bonds. The summed E-state index contributed by atoms with van der Waals surface area (Å²) in [6.07, 6.45) is 0. The van der Waals surface area contributed by atoms with Crippen LogP contribution in [0.4, 0.5) is 56.1 Å². The van der Waals surface area contributed by atoms with Crippen LogP contribution in [0.3, 0.4) is 0 Å². The molecule has 0 unspecified atom stereocenters. The van der Waals surface area contributed by atoms with E-state index >= 15 is 0 Å². The predicted molar refractivity (Wildman–Crippen MR) is 114 cm³/mol. The molecule has 0 spiro atoms. The molecule has 0 saturated heterocycles. The van der Waals surface area contributed by atoms with E-state index < -0.39 is 15.6 Å². The van der Waals surface area contributed by atoms with Crippen molar-refractivity contribution in [3.8, 4) is 0 Å². The van der Waals surface area contributed by atoms with Crippen LogP contribution in [-0.4, -0.2) is 14.1 Å². The molecule has 0 N–H and O–H groups in total. The number of hydrogen-bond acceptors (Lipinski definition) is 1. The molecule has 0 aromatic heterocycles. The molecule has 206 valence electrons. The maximum Gasteiger partial charge on any atom is 2.00 e. The Kier molecular flexibility index (Phi) is 11.4. The van der Waals surface area contributed by atoms with Crippen LogP contribution < -0.4 is 4.90 Å². The minimum Gasteiger partial charge on any atom is 2.00 e. The zero-order chi connectivity index (χ0) is 27.4. The Bertz CT molecular complexity index is 796. The zero-order valence-corrected chi connectivity index (χ0v) is 22.5. The van der Waals surface area contributed by atoms with Gasteiger partial charge in [0.05, 0.1) is 0 Å². The van der Waals surface area contributed by atoms with E-state index in [1.807, 2.05) is 32.3 Å². The fraction of sp³-hybridized carbons (Fsp3) is 0.389. The minimum absolute atomic E-state index is 0. The molecule has 1 aromatic rings. The van der Waals surface area contributed by atoms with Crippen LogP contribution in [0.5, 0.6) is 0 Å². The Labute approximate surface area is 203 Å². The summed E-state index contributed by atoms with van der Waals surface area (Å²) in [5.41, 5.74) is 7.12. The molecule has 1 aliphatic carbocycles. The number of nitrogens with zero attached hydrogens (tertiary/aromatic N) is 1. The Morgan fingerprint density at radius 1 is 0.500 bits per heavy atom. The first-order valence-electron chi connectivity index (χ1n) is 8.81. The molecule has 1 aromatic carbocycles. The van der Waals surface area contributed by atoms with Crippen molar-refractivity contribution in [2.75, 3.05) is 19.0 Å². The van der Waals surface area contributed by atoms with Crippen molar-refractivity contribution >= 4 is 21.3 Å². The predicted octanol–water partition coefficient (Wildman–Crippen LogP) is 11.8. The van der Waals surface area contributed by atoms with Gasteiger partial charge in [0.15, 0.2) is 0 Å². The SMILES string of the molecule is CN(C)c1ccccc1.C[C]1C(C)=C(C)C(C)=C1C.F[P-](F)(F)(F)(F)F.F[P-](F)(F)(F)(F)F.[Rh+2]. The average Bonchev–Trinajstić information content (AvgIpc) is 2.68. The summed E-state index contributed by atoms with van der Waals surface area (Å²) >= 11 is 0. The van der Waals surface area contributed by atoms with Gasteiger partial charge in [-0.25, -0.2) is 0 Å². The largest absolute Gasteiger partial charge is 2.00 e. The summed E-state index contributed by atoms with van der Waals surface area (Å²) in [6, 6.07) is 10.3. The van der Waals surface area contributed by atoms with E-state index in [9.17, 15) is 50.4 Å². The van der Waals surface area contributed by atoms with Crippen molar-refractivity contribution in [2.45, 2.75) is 34.6 Å². The second kappa shape index (κ2) is 10.3. The molecule has 0 saturated carbocycles. The Morgan fingerprint density at radius 2 is 0.735 bits per heavy atom. The van der Waals surface area contributed by atoms with E-state index in [0.717, 1.165) is 0 Å². The van der Waals surface area contributed by atoms with Crippen LogP contribution >= 0.6 is 15.6 Å². The third kappa shape index (κ3) is 29.2. The van der Waals surface area contributed by atoms with E-state index in [0.29, 0.717) is 0 Å². The molecule has 34 heavy (non-hydrogen) atoms. The number of rotatable bonds is 1. The van der Waals surface area contributed by atoms with E-state index in [1.165, 1.54) is 33.9 Å². The first-order chi connectivity index (χ1) is 13.8. The summed E-state index contributed by atoms with van der Waals surface area (Å²) in [7, 11) is -17.2. The maximum atomic E-state index is 9.87. The van der Waals surface area contributed by atoms with Gasteiger partial charge in [0.25, 0.3) is 0 Å². The smallest absolute Gasteiger partial charge is 2.00 e. The first-order valence-corrected chi connectivity index (χ1v) is 12.9. The quantitative estimate of drug-likeness (QED) is 0.166. The van der Waals surface area contributed by atoms with Crippen LogP contribution in [0, 0.1) is 5.92 Å². The second-order valence-electron chi connectivity index (χ2n) is 7.27.